The van der Waals surface area contributed by atoms with Crippen molar-refractivity contribution in [3.8, 4) is 0 Å². The molecule has 1 aliphatic rings. The maximum atomic E-state index is 5.82. The minimum atomic E-state index is 0. The van der Waals surface area contributed by atoms with Gasteiger partial charge in [0.15, 0.2) is 0 Å². The molecular weight excluding hydrogens is 229 g/mol. The Morgan fingerprint density at radius 3 is 2.27 bits per heavy atom. The molecule has 15 heavy (non-hydrogen) atoms. The Hall–Kier alpha value is -0.500. The Balaban J connectivity index is 0.00000112. The lowest BCUT2D eigenvalue weighted by atomic mass is 10.0. The summed E-state index contributed by atoms with van der Waals surface area (Å²) in [6, 6.07) is 8.01. The highest BCUT2D eigenvalue weighted by Crippen LogP contribution is 2.17. The molecule has 1 aliphatic heterocycles. The first-order valence-electron chi connectivity index (χ1n) is 5.00. The molecule has 0 aromatic heterocycles. The smallest absolute Gasteiger partial charge is 0.0406 e. The van der Waals surface area contributed by atoms with Gasteiger partial charge in [0.25, 0.3) is 0 Å². The molecule has 82 valence electrons. The van der Waals surface area contributed by atoms with Crippen molar-refractivity contribution >= 4 is 30.1 Å². The van der Waals surface area contributed by atoms with Gasteiger partial charge in [-0.15, -0.1) is 12.4 Å². The Morgan fingerprint density at radius 2 is 1.67 bits per heavy atom. The number of piperidine rings is 1. The van der Waals surface area contributed by atoms with Crippen molar-refractivity contribution in [1.29, 1.82) is 0 Å². The zero-order valence-electron chi connectivity index (χ0n) is 8.50. The third kappa shape index (κ3) is 3.86. The quantitative estimate of drug-likeness (QED) is 0.796. The predicted octanol–water partition coefficient (Wildman–Crippen LogP) is 3.53. The number of benzene rings is 1. The van der Waals surface area contributed by atoms with Crippen LogP contribution in [0, 0.1) is 0 Å². The van der Waals surface area contributed by atoms with Gasteiger partial charge in [0.2, 0.25) is 0 Å². The molecule has 0 unspecified atom stereocenters. The van der Waals surface area contributed by atoms with E-state index in [1.54, 1.807) is 0 Å². The maximum Gasteiger partial charge on any atom is 0.0406 e. The van der Waals surface area contributed by atoms with Crippen molar-refractivity contribution in [2.45, 2.75) is 12.8 Å². The van der Waals surface area contributed by atoms with Crippen molar-refractivity contribution in [3.63, 3.8) is 0 Å². The van der Waals surface area contributed by atoms with Gasteiger partial charge in [-0.25, -0.2) is 0 Å². The first kappa shape index (κ1) is 12.6. The molecule has 1 heterocycles. The van der Waals surface area contributed by atoms with E-state index in [1.165, 1.54) is 24.0 Å². The summed E-state index contributed by atoms with van der Waals surface area (Å²) < 4.78 is 0. The summed E-state index contributed by atoms with van der Waals surface area (Å²) in [5.41, 5.74) is 2.79. The van der Waals surface area contributed by atoms with Crippen LogP contribution >= 0.6 is 24.0 Å². The summed E-state index contributed by atoms with van der Waals surface area (Å²) in [4.78, 5) is 0. The van der Waals surface area contributed by atoms with E-state index in [-0.39, 0.29) is 12.4 Å². The highest BCUT2D eigenvalue weighted by atomic mass is 35.5. The van der Waals surface area contributed by atoms with Crippen LogP contribution in [0.3, 0.4) is 0 Å². The van der Waals surface area contributed by atoms with Crippen LogP contribution in [0.15, 0.2) is 29.8 Å². The summed E-state index contributed by atoms with van der Waals surface area (Å²) in [6.07, 6.45) is 4.61. The molecule has 3 heteroatoms. The van der Waals surface area contributed by atoms with Crippen LogP contribution in [0.2, 0.25) is 5.02 Å². The summed E-state index contributed by atoms with van der Waals surface area (Å²) in [5.74, 6) is 0. The van der Waals surface area contributed by atoms with E-state index in [1.807, 2.05) is 12.1 Å². The van der Waals surface area contributed by atoms with Gasteiger partial charge < -0.3 is 5.32 Å². The lowest BCUT2D eigenvalue weighted by Gasteiger charge is -2.15. The van der Waals surface area contributed by atoms with Crippen LogP contribution in [0.4, 0.5) is 0 Å². The van der Waals surface area contributed by atoms with Crippen LogP contribution in [0.1, 0.15) is 18.4 Å². The average Bonchev–Trinajstić information content (AvgIpc) is 2.23. The second kappa shape index (κ2) is 6.16. The van der Waals surface area contributed by atoms with E-state index in [2.05, 4.69) is 23.5 Å². The lowest BCUT2D eigenvalue weighted by Crippen LogP contribution is -2.22. The van der Waals surface area contributed by atoms with Crippen molar-refractivity contribution in [1.82, 2.24) is 5.32 Å². The molecule has 1 aromatic carbocycles. The van der Waals surface area contributed by atoms with Gasteiger partial charge in [0.05, 0.1) is 0 Å². The predicted molar refractivity (Wildman–Crippen MR) is 68.8 cm³/mol. The molecule has 0 spiro atoms. The Bertz CT molecular complexity index is 322. The third-order valence-corrected chi connectivity index (χ3v) is 2.74. The fraction of sp³-hybridized carbons (Fsp3) is 0.333. The molecular formula is C12H15Cl2N. The molecule has 0 saturated carbocycles. The van der Waals surface area contributed by atoms with Crippen LogP contribution in [0.5, 0.6) is 0 Å². The van der Waals surface area contributed by atoms with Crippen LogP contribution in [0.25, 0.3) is 6.08 Å². The largest absolute Gasteiger partial charge is 0.316 e. The summed E-state index contributed by atoms with van der Waals surface area (Å²) >= 11 is 5.82. The standard InChI is InChI=1S/C12H14ClN.ClH/c13-12-3-1-10(2-4-12)9-11-5-7-14-8-6-11;/h1-4,9,14H,5-8H2;1H. The molecule has 1 N–H and O–H groups in total. The average molecular weight is 244 g/mol. The van der Waals surface area contributed by atoms with Gasteiger partial charge in [0, 0.05) is 5.02 Å². The molecule has 0 radical (unpaired) electrons. The number of hydrogen-bond donors (Lipinski definition) is 1. The zero-order valence-corrected chi connectivity index (χ0v) is 10.1. The Kier molecular flexibility index (Phi) is 5.16. The summed E-state index contributed by atoms with van der Waals surface area (Å²) in [6.45, 7) is 2.22. The molecule has 2 rings (SSSR count). The van der Waals surface area contributed by atoms with Crippen molar-refractivity contribution < 1.29 is 0 Å². The molecule has 0 atom stereocenters. The SMILES string of the molecule is Cl.Clc1ccc(C=C2CCNCC2)cc1. The monoisotopic (exact) mass is 243 g/mol. The Morgan fingerprint density at radius 1 is 1.07 bits per heavy atom. The van der Waals surface area contributed by atoms with E-state index in [9.17, 15) is 0 Å². The topological polar surface area (TPSA) is 12.0 Å². The van der Waals surface area contributed by atoms with Crippen molar-refractivity contribution in [2.75, 3.05) is 13.1 Å². The van der Waals surface area contributed by atoms with Gasteiger partial charge in [-0.2, -0.15) is 0 Å². The molecule has 0 amide bonds. The van der Waals surface area contributed by atoms with E-state index in [0.29, 0.717) is 0 Å². The molecule has 1 saturated heterocycles. The lowest BCUT2D eigenvalue weighted by molar-refractivity contribution is 0.613. The van der Waals surface area contributed by atoms with Gasteiger partial charge in [-0.1, -0.05) is 35.4 Å². The van der Waals surface area contributed by atoms with Crippen LogP contribution in [-0.2, 0) is 0 Å². The van der Waals surface area contributed by atoms with Gasteiger partial charge >= 0.3 is 0 Å². The number of rotatable bonds is 1. The zero-order chi connectivity index (χ0) is 9.80. The second-order valence-electron chi connectivity index (χ2n) is 3.60. The van der Waals surface area contributed by atoms with E-state index < -0.39 is 0 Å². The van der Waals surface area contributed by atoms with Crippen LogP contribution in [-0.4, -0.2) is 13.1 Å². The first-order valence-corrected chi connectivity index (χ1v) is 5.38. The van der Waals surface area contributed by atoms with Crippen molar-refractivity contribution in [3.05, 3.63) is 40.4 Å². The highest BCUT2D eigenvalue weighted by molar-refractivity contribution is 6.30. The van der Waals surface area contributed by atoms with Gasteiger partial charge in [-0.3, -0.25) is 0 Å². The highest BCUT2D eigenvalue weighted by Gasteiger charge is 2.03. The third-order valence-electron chi connectivity index (χ3n) is 2.49. The van der Waals surface area contributed by atoms with E-state index >= 15 is 0 Å². The van der Waals surface area contributed by atoms with Crippen LogP contribution < -0.4 is 5.32 Å². The van der Waals surface area contributed by atoms with E-state index in [4.69, 9.17) is 11.6 Å². The summed E-state index contributed by atoms with van der Waals surface area (Å²) in [5, 5.41) is 4.15. The van der Waals surface area contributed by atoms with Crippen molar-refractivity contribution in [2.24, 2.45) is 0 Å². The normalized spacial score (nSPS) is 15.7. The molecule has 1 nitrogen and oxygen atoms in total. The van der Waals surface area contributed by atoms with Gasteiger partial charge in [-0.05, 0) is 43.6 Å². The number of hydrogen-bond acceptors (Lipinski definition) is 1. The summed E-state index contributed by atoms with van der Waals surface area (Å²) in [7, 11) is 0. The Labute approximate surface area is 102 Å². The molecule has 0 aliphatic carbocycles. The van der Waals surface area contributed by atoms with E-state index in [0.717, 1.165) is 18.1 Å². The number of halogens is 2. The maximum absolute atomic E-state index is 5.82. The first-order chi connectivity index (χ1) is 6.84. The number of nitrogens with one attached hydrogen (secondary N) is 1. The van der Waals surface area contributed by atoms with Gasteiger partial charge in [0.1, 0.15) is 0 Å². The minimum Gasteiger partial charge on any atom is -0.316 e. The molecule has 0 bridgehead atoms. The second-order valence-corrected chi connectivity index (χ2v) is 4.04. The fourth-order valence-corrected chi connectivity index (χ4v) is 1.81. The minimum absolute atomic E-state index is 0. The molecule has 1 aromatic rings. The fourth-order valence-electron chi connectivity index (χ4n) is 1.69. The molecule has 1 fully saturated rings.